The Hall–Kier alpha value is -2.28. The predicted molar refractivity (Wildman–Crippen MR) is 119 cm³/mol. The molecule has 3 N–H and O–H groups in total. The maximum absolute atomic E-state index is 13.1. The summed E-state index contributed by atoms with van der Waals surface area (Å²) in [6, 6.07) is 14.0. The lowest BCUT2D eigenvalue weighted by molar-refractivity contribution is -0.147. The van der Waals surface area contributed by atoms with Crippen LogP contribution in [0.1, 0.15) is 36.8 Å². The van der Waals surface area contributed by atoms with Gasteiger partial charge in [0.2, 0.25) is 0 Å². The number of fused-ring (bicyclic) bond motifs is 1. The van der Waals surface area contributed by atoms with Gasteiger partial charge in [-0.05, 0) is 41.9 Å². The normalized spacial score (nSPS) is 27.6. The van der Waals surface area contributed by atoms with Crippen molar-refractivity contribution in [3.63, 3.8) is 0 Å². The maximum atomic E-state index is 13.1. The minimum atomic E-state index is -1.45. The lowest BCUT2D eigenvalue weighted by Gasteiger charge is -2.33. The number of hydrogen-bond acceptors (Lipinski definition) is 5. The Morgan fingerprint density at radius 3 is 2.52 bits per heavy atom. The van der Waals surface area contributed by atoms with Gasteiger partial charge in [0.05, 0.1) is 6.67 Å². The molecule has 0 bridgehead atoms. The first-order valence-corrected chi connectivity index (χ1v) is 11.6. The largest absolute Gasteiger partial charge is 0.375 e. The van der Waals surface area contributed by atoms with E-state index >= 15 is 0 Å². The second kappa shape index (κ2) is 8.69. The predicted octanol–water partition coefficient (Wildman–Crippen LogP) is 2.25. The second-order valence-electron chi connectivity index (χ2n) is 9.41. The molecule has 1 aromatic carbocycles. The molecule has 2 aromatic rings. The fourth-order valence-electron chi connectivity index (χ4n) is 5.77. The Morgan fingerprint density at radius 1 is 1.10 bits per heavy atom. The first-order valence-electron chi connectivity index (χ1n) is 11.6. The van der Waals surface area contributed by atoms with Gasteiger partial charge in [-0.25, -0.2) is 0 Å². The van der Waals surface area contributed by atoms with Crippen LogP contribution in [0.3, 0.4) is 0 Å². The third kappa shape index (κ3) is 4.12. The van der Waals surface area contributed by atoms with E-state index in [9.17, 15) is 9.90 Å². The van der Waals surface area contributed by atoms with Crippen LogP contribution >= 0.6 is 0 Å². The quantitative estimate of drug-likeness (QED) is 0.571. The Labute approximate surface area is 184 Å². The average molecular weight is 421 g/mol. The highest BCUT2D eigenvalue weighted by molar-refractivity contribution is 5.86. The Balaban J connectivity index is 1.12. The van der Waals surface area contributed by atoms with Crippen molar-refractivity contribution in [1.29, 1.82) is 0 Å². The van der Waals surface area contributed by atoms with Gasteiger partial charge in [-0.2, -0.15) is 0 Å². The van der Waals surface area contributed by atoms with Crippen LogP contribution in [0.5, 0.6) is 0 Å². The zero-order valence-corrected chi connectivity index (χ0v) is 17.9. The number of carbonyl (C=O) groups is 1. The summed E-state index contributed by atoms with van der Waals surface area (Å²) in [5, 5.41) is 18.0. The van der Waals surface area contributed by atoms with Crippen molar-refractivity contribution < 1.29 is 9.90 Å². The first-order chi connectivity index (χ1) is 15.2. The van der Waals surface area contributed by atoms with Crippen molar-refractivity contribution >= 4 is 5.91 Å². The summed E-state index contributed by atoms with van der Waals surface area (Å²) in [5.74, 6) is 1.01. The molecule has 164 valence electrons. The van der Waals surface area contributed by atoms with Crippen LogP contribution in [0.15, 0.2) is 54.9 Å². The summed E-state index contributed by atoms with van der Waals surface area (Å²) in [5.41, 5.74) is 0.515. The molecule has 1 aliphatic heterocycles. The monoisotopic (exact) mass is 420 g/mol. The molecule has 2 heterocycles. The fourth-order valence-corrected chi connectivity index (χ4v) is 5.77. The number of carbonyl (C=O) groups excluding carboxylic acids is 1. The third-order valence-corrected chi connectivity index (χ3v) is 7.49. The topological polar surface area (TPSA) is 77.5 Å². The molecule has 2 aliphatic carbocycles. The molecule has 2 saturated carbocycles. The average Bonchev–Trinajstić information content (AvgIpc) is 3.20. The minimum absolute atomic E-state index is 0.0174. The van der Waals surface area contributed by atoms with Crippen LogP contribution in [-0.4, -0.2) is 46.7 Å². The van der Waals surface area contributed by atoms with Crippen LogP contribution < -0.4 is 10.6 Å². The molecular weight excluding hydrogens is 388 g/mol. The molecule has 0 spiro atoms. The summed E-state index contributed by atoms with van der Waals surface area (Å²) < 4.78 is 0. The van der Waals surface area contributed by atoms with Crippen LogP contribution in [0, 0.1) is 17.8 Å². The van der Waals surface area contributed by atoms with Gasteiger partial charge < -0.3 is 10.4 Å². The van der Waals surface area contributed by atoms with Gasteiger partial charge in [0.15, 0.2) is 5.60 Å². The Kier molecular flexibility index (Phi) is 5.78. The van der Waals surface area contributed by atoms with Crippen molar-refractivity contribution in [2.75, 3.05) is 19.8 Å². The van der Waals surface area contributed by atoms with E-state index in [0.29, 0.717) is 30.1 Å². The summed E-state index contributed by atoms with van der Waals surface area (Å²) in [4.78, 5) is 19.8. The number of benzene rings is 1. The van der Waals surface area contributed by atoms with E-state index in [1.54, 1.807) is 0 Å². The molecule has 4 atom stereocenters. The molecule has 3 aliphatic rings. The molecule has 3 fully saturated rings. The number of piperidine rings is 1. The standard InChI is InChI=1S/C25H32N4O2/c30-24(25(31,20-10-4-5-11-20)19-8-2-1-3-9-19)28-17-27-23-21-15-29(16-22(21)23)14-18-7-6-12-26-13-18/h1-3,6-9,12-13,20-23,27,31H,4-5,10-11,14-17H2,(H,28,30)/t21-,22+,23?,25?. The van der Waals surface area contributed by atoms with Crippen LogP contribution in [0.2, 0.25) is 0 Å². The van der Waals surface area contributed by atoms with E-state index in [-0.39, 0.29) is 11.8 Å². The van der Waals surface area contributed by atoms with Gasteiger partial charge in [0.1, 0.15) is 0 Å². The number of aromatic nitrogens is 1. The number of likely N-dealkylation sites (tertiary alicyclic amines) is 1. The zero-order chi connectivity index (χ0) is 21.3. The van der Waals surface area contributed by atoms with E-state index in [4.69, 9.17) is 0 Å². The molecule has 1 saturated heterocycles. The van der Waals surface area contributed by atoms with Gasteiger partial charge in [-0.15, -0.1) is 0 Å². The van der Waals surface area contributed by atoms with E-state index < -0.39 is 5.60 Å². The molecule has 31 heavy (non-hydrogen) atoms. The van der Waals surface area contributed by atoms with Gasteiger partial charge in [-0.1, -0.05) is 49.2 Å². The smallest absolute Gasteiger partial charge is 0.257 e. The Morgan fingerprint density at radius 2 is 1.84 bits per heavy atom. The van der Waals surface area contributed by atoms with Crippen molar-refractivity contribution in [2.45, 2.75) is 43.9 Å². The Bertz CT molecular complexity index is 875. The summed E-state index contributed by atoms with van der Waals surface area (Å²) in [6.45, 7) is 3.53. The maximum Gasteiger partial charge on any atom is 0.257 e. The molecular formula is C25H32N4O2. The minimum Gasteiger partial charge on any atom is -0.375 e. The lowest BCUT2D eigenvalue weighted by Crippen LogP contribution is -2.51. The van der Waals surface area contributed by atoms with Gasteiger partial charge in [0.25, 0.3) is 5.91 Å². The molecule has 5 rings (SSSR count). The number of nitrogens with zero attached hydrogens (tertiary/aromatic N) is 2. The number of aliphatic hydroxyl groups is 1. The molecule has 2 unspecified atom stereocenters. The van der Waals surface area contributed by atoms with Crippen LogP contribution in [-0.2, 0) is 16.9 Å². The molecule has 1 amide bonds. The van der Waals surface area contributed by atoms with Gasteiger partial charge >= 0.3 is 0 Å². The number of pyridine rings is 1. The highest BCUT2D eigenvalue weighted by Crippen LogP contribution is 2.46. The number of amides is 1. The fraction of sp³-hybridized carbons (Fsp3) is 0.520. The second-order valence-corrected chi connectivity index (χ2v) is 9.41. The van der Waals surface area contributed by atoms with E-state index in [0.717, 1.165) is 45.3 Å². The van der Waals surface area contributed by atoms with Crippen LogP contribution in [0.25, 0.3) is 0 Å². The first kappa shape index (κ1) is 20.6. The van der Waals surface area contributed by atoms with Crippen molar-refractivity contribution in [2.24, 2.45) is 17.8 Å². The zero-order valence-electron chi connectivity index (χ0n) is 17.9. The highest BCUT2D eigenvalue weighted by atomic mass is 16.3. The van der Waals surface area contributed by atoms with Crippen molar-refractivity contribution in [3.8, 4) is 0 Å². The molecule has 6 nitrogen and oxygen atoms in total. The van der Waals surface area contributed by atoms with Crippen molar-refractivity contribution in [3.05, 3.63) is 66.0 Å². The SMILES string of the molecule is O=C(NCNC1[C@H]2CN(Cc3cccnc3)C[C@@H]12)C(O)(c1ccccc1)C1CCCC1. The lowest BCUT2D eigenvalue weighted by atomic mass is 9.79. The summed E-state index contributed by atoms with van der Waals surface area (Å²) in [7, 11) is 0. The number of rotatable bonds is 8. The van der Waals surface area contributed by atoms with Gasteiger partial charge in [0, 0.05) is 44.0 Å². The molecule has 6 heteroatoms. The molecule has 1 aromatic heterocycles. The van der Waals surface area contributed by atoms with Crippen molar-refractivity contribution in [1.82, 2.24) is 20.5 Å². The molecule has 0 radical (unpaired) electrons. The van der Waals surface area contributed by atoms with E-state index in [1.165, 1.54) is 5.56 Å². The summed E-state index contributed by atoms with van der Waals surface area (Å²) in [6.07, 6.45) is 7.69. The van der Waals surface area contributed by atoms with Crippen LogP contribution in [0.4, 0.5) is 0 Å². The third-order valence-electron chi connectivity index (χ3n) is 7.49. The van der Waals surface area contributed by atoms with E-state index in [2.05, 4.69) is 26.6 Å². The number of nitrogens with one attached hydrogen (secondary N) is 2. The highest BCUT2D eigenvalue weighted by Gasteiger charge is 2.55. The van der Waals surface area contributed by atoms with Gasteiger partial charge in [-0.3, -0.25) is 20.0 Å². The number of hydrogen-bond donors (Lipinski definition) is 3. The summed E-state index contributed by atoms with van der Waals surface area (Å²) >= 11 is 0. The van der Waals surface area contributed by atoms with E-state index in [1.807, 2.05) is 48.8 Å².